The molecule has 1 aromatic rings. The Balaban J connectivity index is 2.43. The van der Waals surface area contributed by atoms with Crippen LogP contribution in [0.2, 0.25) is 0 Å². The highest BCUT2D eigenvalue weighted by Gasteiger charge is 2.34. The minimum Gasteiger partial charge on any atom is -0.365 e. The van der Waals surface area contributed by atoms with Gasteiger partial charge in [0.1, 0.15) is 11.5 Å². The van der Waals surface area contributed by atoms with Crippen molar-refractivity contribution in [3.63, 3.8) is 0 Å². The van der Waals surface area contributed by atoms with E-state index < -0.39 is 17.8 Å². The lowest BCUT2D eigenvalue weighted by Gasteiger charge is -2.27. The van der Waals surface area contributed by atoms with Gasteiger partial charge in [0, 0.05) is 13.1 Å². The average Bonchev–Trinajstić information content (AvgIpc) is 2.89. The van der Waals surface area contributed by atoms with Gasteiger partial charge in [-0.3, -0.25) is 4.79 Å². The van der Waals surface area contributed by atoms with Gasteiger partial charge in [0.15, 0.2) is 0 Å². The molecule has 1 aliphatic carbocycles. The highest BCUT2D eigenvalue weighted by molar-refractivity contribution is 5.97. The molecule has 1 fully saturated rings. The minimum absolute atomic E-state index is 0.0132. The fourth-order valence-electron chi connectivity index (χ4n) is 2.53. The molecule has 4 nitrogen and oxygen atoms in total. The molecule has 110 valence electrons. The van der Waals surface area contributed by atoms with Crippen LogP contribution in [0.1, 0.15) is 41.7 Å². The van der Waals surface area contributed by atoms with Gasteiger partial charge in [-0.2, -0.15) is 13.2 Å². The van der Waals surface area contributed by atoms with Crippen LogP contribution in [0.25, 0.3) is 0 Å². The molecule has 20 heavy (non-hydrogen) atoms. The van der Waals surface area contributed by atoms with Crippen molar-refractivity contribution < 1.29 is 18.0 Å². The van der Waals surface area contributed by atoms with E-state index in [1.807, 2.05) is 0 Å². The summed E-state index contributed by atoms with van der Waals surface area (Å²) in [5.41, 5.74) is 4.23. The number of pyridine rings is 1. The highest BCUT2D eigenvalue weighted by Crippen LogP contribution is 2.32. The van der Waals surface area contributed by atoms with Gasteiger partial charge in [-0.05, 0) is 25.0 Å². The Bertz CT molecular complexity index is 510. The second kappa shape index (κ2) is 5.30. The van der Waals surface area contributed by atoms with Gasteiger partial charge in [-0.25, -0.2) is 4.98 Å². The summed E-state index contributed by atoms with van der Waals surface area (Å²) in [7, 11) is 1.66. The summed E-state index contributed by atoms with van der Waals surface area (Å²) in [5, 5.41) is 0. The number of alkyl halides is 3. The van der Waals surface area contributed by atoms with Crippen molar-refractivity contribution in [2.75, 3.05) is 11.9 Å². The van der Waals surface area contributed by atoms with E-state index in [0.29, 0.717) is 0 Å². The van der Waals surface area contributed by atoms with Crippen molar-refractivity contribution in [2.24, 2.45) is 5.73 Å². The molecule has 1 amide bonds. The Kier molecular flexibility index (Phi) is 3.87. The normalized spacial score (nSPS) is 16.4. The van der Waals surface area contributed by atoms with Crippen molar-refractivity contribution in [3.8, 4) is 0 Å². The molecule has 2 N–H and O–H groups in total. The molecular weight excluding hydrogens is 271 g/mol. The lowest BCUT2D eigenvalue weighted by Crippen LogP contribution is -2.32. The molecule has 0 unspecified atom stereocenters. The number of nitrogens with zero attached hydrogens (tertiary/aromatic N) is 2. The monoisotopic (exact) mass is 287 g/mol. The number of rotatable bonds is 3. The summed E-state index contributed by atoms with van der Waals surface area (Å²) in [5.74, 6) is -0.759. The van der Waals surface area contributed by atoms with Crippen LogP contribution >= 0.6 is 0 Å². The lowest BCUT2D eigenvalue weighted by atomic mass is 10.1. The maximum Gasteiger partial charge on any atom is 0.433 e. The number of carbonyl (C=O) groups excluding carboxylic acids is 1. The Hall–Kier alpha value is -1.79. The summed E-state index contributed by atoms with van der Waals surface area (Å²) in [6, 6.07) is 1.98. The van der Waals surface area contributed by atoms with Crippen molar-refractivity contribution >= 4 is 11.7 Å². The zero-order chi connectivity index (χ0) is 14.9. The third-order valence-corrected chi connectivity index (χ3v) is 3.64. The first-order valence-corrected chi connectivity index (χ1v) is 6.41. The molecular formula is C13H16F3N3O. The molecule has 1 saturated carbocycles. The second-order valence-corrected chi connectivity index (χ2v) is 4.98. The molecule has 0 bridgehead atoms. The Morgan fingerprint density at radius 1 is 1.35 bits per heavy atom. The molecule has 0 spiro atoms. The number of amides is 1. The number of hydrogen-bond acceptors (Lipinski definition) is 3. The van der Waals surface area contributed by atoms with E-state index in [4.69, 9.17) is 5.73 Å². The van der Waals surface area contributed by atoms with Gasteiger partial charge in [0.25, 0.3) is 5.91 Å². The summed E-state index contributed by atoms with van der Waals surface area (Å²) in [4.78, 5) is 16.6. The molecule has 2 rings (SSSR count). The first kappa shape index (κ1) is 14.6. The molecule has 0 aromatic carbocycles. The molecule has 1 aliphatic rings. The molecule has 1 heterocycles. The van der Waals surface area contributed by atoms with Crippen molar-refractivity contribution in [1.29, 1.82) is 0 Å². The standard InChI is InChI=1S/C13H16F3N3O/c1-19(8-4-2-3-5-8)12-9(11(17)20)6-7-10(18-12)13(14,15)16/h6-8H,2-5H2,1H3,(H2,17,20). The van der Waals surface area contributed by atoms with Gasteiger partial charge in [0.05, 0.1) is 5.56 Å². The third-order valence-electron chi connectivity index (χ3n) is 3.64. The number of anilines is 1. The number of nitrogens with two attached hydrogens (primary N) is 1. The largest absolute Gasteiger partial charge is 0.433 e. The quantitative estimate of drug-likeness (QED) is 0.929. The van der Waals surface area contributed by atoms with Crippen LogP contribution < -0.4 is 10.6 Å². The maximum atomic E-state index is 12.7. The van der Waals surface area contributed by atoms with Crippen molar-refractivity contribution in [1.82, 2.24) is 4.98 Å². The van der Waals surface area contributed by atoms with Crippen LogP contribution in [0.5, 0.6) is 0 Å². The van der Waals surface area contributed by atoms with Crippen molar-refractivity contribution in [3.05, 3.63) is 23.4 Å². The number of hydrogen-bond donors (Lipinski definition) is 1. The van der Waals surface area contributed by atoms with Gasteiger partial charge in [0.2, 0.25) is 0 Å². The van der Waals surface area contributed by atoms with Gasteiger partial charge < -0.3 is 10.6 Å². The molecule has 1 aromatic heterocycles. The van der Waals surface area contributed by atoms with E-state index in [2.05, 4.69) is 4.98 Å². The summed E-state index contributed by atoms with van der Waals surface area (Å²) < 4.78 is 38.2. The first-order chi connectivity index (χ1) is 9.30. The summed E-state index contributed by atoms with van der Waals surface area (Å²) >= 11 is 0. The van der Waals surface area contributed by atoms with Crippen LogP contribution in [-0.2, 0) is 6.18 Å². The zero-order valence-electron chi connectivity index (χ0n) is 11.1. The zero-order valence-corrected chi connectivity index (χ0v) is 11.1. The SMILES string of the molecule is CN(c1nc(C(F)(F)F)ccc1C(N)=O)C1CCCC1. The lowest BCUT2D eigenvalue weighted by molar-refractivity contribution is -0.141. The van der Waals surface area contributed by atoms with E-state index in [0.717, 1.165) is 37.8 Å². The third kappa shape index (κ3) is 2.86. The minimum atomic E-state index is -4.54. The van der Waals surface area contributed by atoms with Crippen LogP contribution in [0.3, 0.4) is 0 Å². The molecule has 0 radical (unpaired) electrons. The predicted molar refractivity (Wildman–Crippen MR) is 68.4 cm³/mol. The topological polar surface area (TPSA) is 59.2 Å². The van der Waals surface area contributed by atoms with E-state index in [-0.39, 0.29) is 17.4 Å². The van der Waals surface area contributed by atoms with E-state index in [1.165, 1.54) is 0 Å². The van der Waals surface area contributed by atoms with Gasteiger partial charge >= 0.3 is 6.18 Å². The van der Waals surface area contributed by atoms with E-state index in [9.17, 15) is 18.0 Å². The number of halogens is 3. The number of aromatic nitrogens is 1. The summed E-state index contributed by atoms with van der Waals surface area (Å²) in [6.45, 7) is 0. The number of carbonyl (C=O) groups is 1. The molecule has 0 aliphatic heterocycles. The van der Waals surface area contributed by atoms with E-state index in [1.54, 1.807) is 11.9 Å². The second-order valence-electron chi connectivity index (χ2n) is 4.98. The smallest absolute Gasteiger partial charge is 0.365 e. The average molecular weight is 287 g/mol. The number of primary amides is 1. The summed E-state index contributed by atoms with van der Waals surface area (Å²) in [6.07, 6.45) is -0.722. The first-order valence-electron chi connectivity index (χ1n) is 6.41. The Labute approximate surface area is 114 Å². The van der Waals surface area contributed by atoms with Crippen LogP contribution in [0, 0.1) is 0 Å². The fraction of sp³-hybridized carbons (Fsp3) is 0.538. The van der Waals surface area contributed by atoms with Crippen LogP contribution in [0.15, 0.2) is 12.1 Å². The molecule has 0 saturated heterocycles. The highest BCUT2D eigenvalue weighted by atomic mass is 19.4. The maximum absolute atomic E-state index is 12.7. The predicted octanol–water partition coefficient (Wildman–Crippen LogP) is 2.58. The van der Waals surface area contributed by atoms with E-state index >= 15 is 0 Å². The Morgan fingerprint density at radius 2 is 1.95 bits per heavy atom. The Morgan fingerprint density at radius 3 is 2.45 bits per heavy atom. The fourth-order valence-corrected chi connectivity index (χ4v) is 2.53. The van der Waals surface area contributed by atoms with Crippen molar-refractivity contribution in [2.45, 2.75) is 37.9 Å². The molecule has 7 heteroatoms. The van der Waals surface area contributed by atoms with Crippen LogP contribution in [0.4, 0.5) is 19.0 Å². The molecule has 0 atom stereocenters. The van der Waals surface area contributed by atoms with Crippen LogP contribution in [-0.4, -0.2) is 24.0 Å². The van der Waals surface area contributed by atoms with Gasteiger partial charge in [-0.15, -0.1) is 0 Å². The van der Waals surface area contributed by atoms with Gasteiger partial charge in [-0.1, -0.05) is 12.8 Å².